The average Bonchev–Trinajstić information content (AvgIpc) is 3.13. The molecule has 1 amide bonds. The van der Waals surface area contributed by atoms with Gasteiger partial charge in [-0.3, -0.25) is 9.48 Å². The molecule has 2 aromatic rings. The summed E-state index contributed by atoms with van der Waals surface area (Å²) in [6.07, 6.45) is 1.03. The highest BCUT2D eigenvalue weighted by Gasteiger charge is 2.38. The Morgan fingerprint density at radius 3 is 2.48 bits per heavy atom. The standard InChI is InChI=1S/C16H21N5O.C2HF3O2/c1-2-15(22)20-10-9-19(11-12-21-8-4-7-18-21)16-14(13-20)5-3-6-17-16;3-2(4,5)1(6)7/h3-8H,2,9-13H2,1H3;(H,6,7). The highest BCUT2D eigenvalue weighted by atomic mass is 19.4. The highest BCUT2D eigenvalue weighted by molar-refractivity contribution is 5.76. The van der Waals surface area contributed by atoms with Crippen LogP contribution in [0.1, 0.15) is 18.9 Å². The van der Waals surface area contributed by atoms with Crippen molar-refractivity contribution in [3.05, 3.63) is 42.4 Å². The molecular weight excluding hydrogens is 391 g/mol. The summed E-state index contributed by atoms with van der Waals surface area (Å²) in [6.45, 7) is 5.74. The van der Waals surface area contributed by atoms with Gasteiger partial charge in [0.1, 0.15) is 5.82 Å². The van der Waals surface area contributed by atoms with Crippen LogP contribution < -0.4 is 4.90 Å². The Hall–Kier alpha value is -3.11. The van der Waals surface area contributed by atoms with Crippen LogP contribution in [0.2, 0.25) is 0 Å². The average molecular weight is 413 g/mol. The molecule has 8 nitrogen and oxygen atoms in total. The summed E-state index contributed by atoms with van der Waals surface area (Å²) in [7, 11) is 0. The van der Waals surface area contributed by atoms with Crippen molar-refractivity contribution >= 4 is 17.7 Å². The van der Waals surface area contributed by atoms with Gasteiger partial charge in [-0.05, 0) is 12.1 Å². The summed E-state index contributed by atoms with van der Waals surface area (Å²) >= 11 is 0. The summed E-state index contributed by atoms with van der Waals surface area (Å²) in [5, 5.41) is 11.4. The number of hydrogen-bond donors (Lipinski definition) is 1. The van der Waals surface area contributed by atoms with E-state index in [1.54, 1.807) is 6.20 Å². The van der Waals surface area contributed by atoms with Crippen LogP contribution in [0.4, 0.5) is 19.0 Å². The van der Waals surface area contributed by atoms with Crippen molar-refractivity contribution < 1.29 is 27.9 Å². The van der Waals surface area contributed by atoms with Gasteiger partial charge in [0.2, 0.25) is 5.91 Å². The predicted molar refractivity (Wildman–Crippen MR) is 98.1 cm³/mol. The Bertz CT molecular complexity index is 811. The molecule has 11 heteroatoms. The molecule has 29 heavy (non-hydrogen) atoms. The number of pyridine rings is 1. The van der Waals surface area contributed by atoms with E-state index in [1.807, 2.05) is 41.0 Å². The van der Waals surface area contributed by atoms with Gasteiger partial charge in [-0.2, -0.15) is 18.3 Å². The maximum absolute atomic E-state index is 12.1. The molecule has 0 unspecified atom stereocenters. The van der Waals surface area contributed by atoms with Crippen molar-refractivity contribution in [3.63, 3.8) is 0 Å². The number of hydrogen-bond acceptors (Lipinski definition) is 5. The SMILES string of the molecule is CCC(=O)N1CCN(CCn2cccn2)c2ncccc2C1.O=C(O)C(F)(F)F. The fraction of sp³-hybridized carbons (Fsp3) is 0.444. The number of aromatic nitrogens is 3. The van der Waals surface area contributed by atoms with Crippen LogP contribution >= 0.6 is 0 Å². The van der Waals surface area contributed by atoms with E-state index in [-0.39, 0.29) is 5.91 Å². The fourth-order valence-corrected chi connectivity index (χ4v) is 2.78. The van der Waals surface area contributed by atoms with Gasteiger partial charge < -0.3 is 14.9 Å². The minimum atomic E-state index is -5.08. The smallest absolute Gasteiger partial charge is 0.475 e. The Labute approximate surface area is 165 Å². The third-order valence-corrected chi connectivity index (χ3v) is 4.22. The molecule has 1 aliphatic rings. The van der Waals surface area contributed by atoms with Crippen LogP contribution in [-0.2, 0) is 22.7 Å². The summed E-state index contributed by atoms with van der Waals surface area (Å²) in [5.74, 6) is -1.57. The van der Waals surface area contributed by atoms with E-state index in [0.29, 0.717) is 13.0 Å². The maximum Gasteiger partial charge on any atom is 0.490 e. The molecule has 0 fully saturated rings. The van der Waals surface area contributed by atoms with Crippen LogP contribution in [0.25, 0.3) is 0 Å². The monoisotopic (exact) mass is 413 g/mol. The van der Waals surface area contributed by atoms with E-state index in [2.05, 4.69) is 21.0 Å². The van der Waals surface area contributed by atoms with Gasteiger partial charge >= 0.3 is 12.1 Å². The molecule has 0 saturated carbocycles. The third kappa shape index (κ3) is 6.47. The lowest BCUT2D eigenvalue weighted by atomic mass is 10.2. The van der Waals surface area contributed by atoms with Crippen LogP contribution in [-0.4, -0.2) is 62.5 Å². The molecule has 3 heterocycles. The number of amides is 1. The first kappa shape index (κ1) is 22.2. The summed E-state index contributed by atoms with van der Waals surface area (Å²) in [4.78, 5) is 29.7. The number of carboxylic acids is 1. The number of aliphatic carboxylic acids is 1. The minimum Gasteiger partial charge on any atom is -0.475 e. The topological polar surface area (TPSA) is 91.6 Å². The molecule has 0 bridgehead atoms. The van der Waals surface area contributed by atoms with Gasteiger partial charge in [0.15, 0.2) is 0 Å². The molecule has 0 radical (unpaired) electrons. The normalized spacial score (nSPS) is 13.8. The number of carbonyl (C=O) groups is 2. The lowest BCUT2D eigenvalue weighted by Crippen LogP contribution is -2.36. The van der Waals surface area contributed by atoms with E-state index in [1.165, 1.54) is 0 Å². The van der Waals surface area contributed by atoms with Gasteiger partial charge in [-0.15, -0.1) is 0 Å². The van der Waals surface area contributed by atoms with E-state index in [9.17, 15) is 18.0 Å². The molecule has 158 valence electrons. The lowest BCUT2D eigenvalue weighted by molar-refractivity contribution is -0.192. The zero-order valence-corrected chi connectivity index (χ0v) is 15.8. The van der Waals surface area contributed by atoms with Crippen molar-refractivity contribution in [3.8, 4) is 0 Å². The van der Waals surface area contributed by atoms with Crippen LogP contribution in [0.3, 0.4) is 0 Å². The molecule has 0 spiro atoms. The first-order valence-electron chi connectivity index (χ1n) is 8.96. The fourth-order valence-electron chi connectivity index (χ4n) is 2.78. The Morgan fingerprint density at radius 2 is 1.90 bits per heavy atom. The molecule has 0 atom stereocenters. The van der Waals surface area contributed by atoms with E-state index >= 15 is 0 Å². The second-order valence-electron chi connectivity index (χ2n) is 6.21. The number of carbonyl (C=O) groups excluding carboxylic acids is 1. The molecule has 1 N–H and O–H groups in total. The molecule has 1 aliphatic heterocycles. The zero-order chi connectivity index (χ0) is 21.4. The minimum absolute atomic E-state index is 0.198. The largest absolute Gasteiger partial charge is 0.490 e. The number of fused-ring (bicyclic) bond motifs is 1. The number of halogens is 3. The zero-order valence-electron chi connectivity index (χ0n) is 15.8. The van der Waals surface area contributed by atoms with Crippen molar-refractivity contribution in [1.82, 2.24) is 19.7 Å². The van der Waals surface area contributed by atoms with Crippen LogP contribution in [0, 0.1) is 0 Å². The van der Waals surface area contributed by atoms with Crippen LogP contribution in [0.5, 0.6) is 0 Å². The molecular formula is C18H22F3N5O3. The van der Waals surface area contributed by atoms with E-state index in [0.717, 1.165) is 37.6 Å². The lowest BCUT2D eigenvalue weighted by Gasteiger charge is -2.23. The van der Waals surface area contributed by atoms with Crippen molar-refractivity contribution in [2.45, 2.75) is 32.6 Å². The van der Waals surface area contributed by atoms with Gasteiger partial charge in [-0.25, -0.2) is 9.78 Å². The highest BCUT2D eigenvalue weighted by Crippen LogP contribution is 2.22. The molecule has 0 saturated heterocycles. The predicted octanol–water partition coefficient (Wildman–Crippen LogP) is 2.17. The summed E-state index contributed by atoms with van der Waals surface area (Å²) in [6, 6.07) is 5.92. The Morgan fingerprint density at radius 1 is 1.17 bits per heavy atom. The van der Waals surface area contributed by atoms with E-state index < -0.39 is 12.1 Å². The molecule has 0 aliphatic carbocycles. The Balaban J connectivity index is 0.000000370. The second-order valence-corrected chi connectivity index (χ2v) is 6.21. The van der Waals surface area contributed by atoms with Gasteiger partial charge in [0, 0.05) is 56.8 Å². The maximum atomic E-state index is 12.1. The van der Waals surface area contributed by atoms with Gasteiger partial charge in [-0.1, -0.05) is 13.0 Å². The summed E-state index contributed by atoms with van der Waals surface area (Å²) in [5.41, 5.74) is 1.11. The first-order valence-corrected chi connectivity index (χ1v) is 8.96. The van der Waals surface area contributed by atoms with E-state index in [4.69, 9.17) is 9.90 Å². The Kier molecular flexibility index (Phi) is 7.57. The summed E-state index contributed by atoms with van der Waals surface area (Å²) < 4.78 is 33.7. The third-order valence-electron chi connectivity index (χ3n) is 4.22. The van der Waals surface area contributed by atoms with Crippen molar-refractivity contribution in [2.75, 3.05) is 24.5 Å². The quantitative estimate of drug-likeness (QED) is 0.826. The van der Waals surface area contributed by atoms with Crippen LogP contribution in [0.15, 0.2) is 36.8 Å². The molecule has 3 rings (SSSR count). The number of rotatable bonds is 4. The first-order chi connectivity index (χ1) is 13.7. The number of carboxylic acid groups (broad SMARTS) is 1. The van der Waals surface area contributed by atoms with Crippen molar-refractivity contribution in [1.29, 1.82) is 0 Å². The van der Waals surface area contributed by atoms with Gasteiger partial charge in [0.05, 0.1) is 6.54 Å². The van der Waals surface area contributed by atoms with Gasteiger partial charge in [0.25, 0.3) is 0 Å². The molecule has 2 aromatic heterocycles. The molecule has 0 aromatic carbocycles. The second kappa shape index (κ2) is 9.89. The number of alkyl halides is 3. The number of nitrogens with zero attached hydrogens (tertiary/aromatic N) is 5. The number of anilines is 1. The van der Waals surface area contributed by atoms with Crippen molar-refractivity contribution in [2.24, 2.45) is 0 Å².